The van der Waals surface area contributed by atoms with Gasteiger partial charge in [0.25, 0.3) is 5.91 Å². The number of methoxy groups -OCH3 is 2. The van der Waals surface area contributed by atoms with E-state index in [0.29, 0.717) is 45.8 Å². The van der Waals surface area contributed by atoms with E-state index in [-0.39, 0.29) is 18.5 Å². The lowest BCUT2D eigenvalue weighted by Crippen LogP contribution is -2.46. The van der Waals surface area contributed by atoms with Crippen molar-refractivity contribution in [2.75, 3.05) is 32.6 Å². The minimum Gasteiger partial charge on any atom is -0.493 e. The zero-order valence-corrected chi connectivity index (χ0v) is 20.8. The molecule has 2 N–H and O–H groups in total. The van der Waals surface area contributed by atoms with Crippen LogP contribution in [-0.4, -0.2) is 44.1 Å². The Labute approximate surface area is 213 Å². The Morgan fingerprint density at radius 1 is 1.00 bits per heavy atom. The van der Waals surface area contributed by atoms with Crippen LogP contribution in [0, 0.1) is 0 Å². The number of carbonyl (C=O) groups is 2. The number of halogens is 2. The van der Waals surface area contributed by atoms with E-state index in [0.717, 1.165) is 11.1 Å². The van der Waals surface area contributed by atoms with Gasteiger partial charge in [0.15, 0.2) is 11.5 Å². The van der Waals surface area contributed by atoms with E-state index in [1.165, 1.54) is 0 Å². The number of benzene rings is 3. The summed E-state index contributed by atoms with van der Waals surface area (Å²) >= 11 is 12.2. The minimum atomic E-state index is -0.447. The van der Waals surface area contributed by atoms with Crippen molar-refractivity contribution in [2.24, 2.45) is 0 Å². The number of carbonyl (C=O) groups excluding carboxylic acids is 2. The molecule has 0 bridgehead atoms. The number of fused-ring (bicyclic) bond motifs is 1. The molecule has 182 valence electrons. The Balaban J connectivity index is 1.63. The van der Waals surface area contributed by atoms with Crippen LogP contribution in [0.2, 0.25) is 10.0 Å². The highest BCUT2D eigenvalue weighted by Crippen LogP contribution is 2.38. The van der Waals surface area contributed by atoms with Gasteiger partial charge in [-0.25, -0.2) is 4.79 Å². The van der Waals surface area contributed by atoms with Crippen LogP contribution in [0.5, 0.6) is 11.5 Å². The molecule has 0 saturated carbocycles. The maximum Gasteiger partial charge on any atom is 0.322 e. The standard InChI is InChI=1S/C26H25Cl2N3O4/c1-34-23-13-16-11-12-31(26(33)30-18-9-7-17(27)8-10-18)22(20(16)14-24(23)35-2)15-29-25(32)19-5-3-4-6-21(19)28/h3-10,13-14,22H,11-12,15H2,1-2H3,(H,29,32)(H,30,33). The van der Waals surface area contributed by atoms with E-state index < -0.39 is 6.04 Å². The third-order valence-electron chi connectivity index (χ3n) is 5.93. The summed E-state index contributed by atoms with van der Waals surface area (Å²) in [6, 6.07) is 16.8. The lowest BCUT2D eigenvalue weighted by atomic mass is 9.91. The Kier molecular flexibility index (Phi) is 7.68. The van der Waals surface area contributed by atoms with Gasteiger partial charge in [0.2, 0.25) is 0 Å². The third-order valence-corrected chi connectivity index (χ3v) is 6.52. The molecule has 4 rings (SSSR count). The van der Waals surface area contributed by atoms with Gasteiger partial charge < -0.3 is 25.0 Å². The summed E-state index contributed by atoms with van der Waals surface area (Å²) in [5, 5.41) is 6.79. The average molecular weight is 514 g/mol. The van der Waals surface area contributed by atoms with E-state index >= 15 is 0 Å². The largest absolute Gasteiger partial charge is 0.493 e. The van der Waals surface area contributed by atoms with E-state index in [9.17, 15) is 9.59 Å². The van der Waals surface area contributed by atoms with Gasteiger partial charge in [0.1, 0.15) is 0 Å². The van der Waals surface area contributed by atoms with Gasteiger partial charge in [0, 0.05) is 23.8 Å². The van der Waals surface area contributed by atoms with Crippen molar-refractivity contribution in [1.29, 1.82) is 0 Å². The highest BCUT2D eigenvalue weighted by atomic mass is 35.5. The maximum atomic E-state index is 13.3. The molecule has 0 spiro atoms. The maximum absolute atomic E-state index is 13.3. The number of amides is 3. The van der Waals surface area contributed by atoms with Crippen LogP contribution in [0.4, 0.5) is 10.5 Å². The molecule has 0 radical (unpaired) electrons. The molecule has 3 amide bonds. The van der Waals surface area contributed by atoms with Crippen LogP contribution in [0.1, 0.15) is 27.5 Å². The van der Waals surface area contributed by atoms with Crippen molar-refractivity contribution in [1.82, 2.24) is 10.2 Å². The summed E-state index contributed by atoms with van der Waals surface area (Å²) in [6.45, 7) is 0.634. The zero-order valence-electron chi connectivity index (χ0n) is 19.3. The van der Waals surface area contributed by atoms with Gasteiger partial charge in [-0.2, -0.15) is 0 Å². The van der Waals surface area contributed by atoms with Gasteiger partial charge in [0.05, 0.1) is 30.8 Å². The lowest BCUT2D eigenvalue weighted by Gasteiger charge is -2.38. The predicted octanol–water partition coefficient (Wildman–Crippen LogP) is 5.57. The molecule has 1 aliphatic rings. The number of nitrogens with zero attached hydrogens (tertiary/aromatic N) is 1. The molecule has 1 unspecified atom stereocenters. The fourth-order valence-electron chi connectivity index (χ4n) is 4.15. The molecular formula is C26H25Cl2N3O4. The summed E-state index contributed by atoms with van der Waals surface area (Å²) in [4.78, 5) is 27.9. The van der Waals surface area contributed by atoms with Crippen molar-refractivity contribution >= 4 is 40.8 Å². The van der Waals surface area contributed by atoms with E-state index in [2.05, 4.69) is 10.6 Å². The quantitative estimate of drug-likeness (QED) is 0.451. The van der Waals surface area contributed by atoms with Gasteiger partial charge in [-0.1, -0.05) is 35.3 Å². The molecule has 0 aliphatic carbocycles. The summed E-state index contributed by atoms with van der Waals surface area (Å²) in [5.74, 6) is 0.846. The summed E-state index contributed by atoms with van der Waals surface area (Å²) in [5.41, 5.74) is 2.89. The zero-order chi connectivity index (χ0) is 24.9. The lowest BCUT2D eigenvalue weighted by molar-refractivity contribution is 0.0936. The summed E-state index contributed by atoms with van der Waals surface area (Å²) in [7, 11) is 3.15. The molecule has 0 aromatic heterocycles. The third kappa shape index (κ3) is 5.47. The highest BCUT2D eigenvalue weighted by molar-refractivity contribution is 6.33. The Bertz CT molecular complexity index is 1230. The van der Waals surface area contributed by atoms with Crippen LogP contribution in [0.3, 0.4) is 0 Å². The Morgan fingerprint density at radius 3 is 2.37 bits per heavy atom. The SMILES string of the molecule is COc1cc2c(cc1OC)C(CNC(=O)c1ccccc1Cl)N(C(=O)Nc1ccc(Cl)cc1)CC2. The highest BCUT2D eigenvalue weighted by Gasteiger charge is 2.33. The van der Waals surface area contributed by atoms with Crippen LogP contribution < -0.4 is 20.1 Å². The molecule has 1 heterocycles. The van der Waals surface area contributed by atoms with Crippen molar-refractivity contribution in [2.45, 2.75) is 12.5 Å². The minimum absolute atomic E-state index is 0.181. The molecule has 0 fully saturated rings. The fraction of sp³-hybridized carbons (Fsp3) is 0.231. The fourth-order valence-corrected chi connectivity index (χ4v) is 4.50. The number of ether oxygens (including phenoxy) is 2. The van der Waals surface area contributed by atoms with Crippen LogP contribution in [0.25, 0.3) is 0 Å². The number of hydrogen-bond donors (Lipinski definition) is 2. The first-order valence-corrected chi connectivity index (χ1v) is 11.8. The topological polar surface area (TPSA) is 79.9 Å². The van der Waals surface area contributed by atoms with E-state index in [1.54, 1.807) is 67.7 Å². The van der Waals surface area contributed by atoms with Gasteiger partial charge >= 0.3 is 6.03 Å². The van der Waals surface area contributed by atoms with Crippen molar-refractivity contribution in [3.8, 4) is 11.5 Å². The van der Waals surface area contributed by atoms with Crippen LogP contribution in [-0.2, 0) is 6.42 Å². The van der Waals surface area contributed by atoms with E-state index in [1.807, 2.05) is 12.1 Å². The van der Waals surface area contributed by atoms with Crippen molar-refractivity contribution < 1.29 is 19.1 Å². The van der Waals surface area contributed by atoms with Crippen molar-refractivity contribution in [3.05, 3.63) is 87.4 Å². The monoisotopic (exact) mass is 513 g/mol. The van der Waals surface area contributed by atoms with Gasteiger partial charge in [-0.15, -0.1) is 0 Å². The first-order chi connectivity index (χ1) is 16.9. The second kappa shape index (κ2) is 10.9. The summed E-state index contributed by atoms with van der Waals surface area (Å²) in [6.07, 6.45) is 0.624. The van der Waals surface area contributed by atoms with Crippen molar-refractivity contribution in [3.63, 3.8) is 0 Å². The average Bonchev–Trinajstić information content (AvgIpc) is 2.87. The van der Waals surface area contributed by atoms with E-state index in [4.69, 9.17) is 32.7 Å². The molecule has 9 heteroatoms. The number of rotatable bonds is 6. The molecule has 35 heavy (non-hydrogen) atoms. The molecule has 3 aromatic carbocycles. The number of anilines is 1. The smallest absolute Gasteiger partial charge is 0.322 e. The van der Waals surface area contributed by atoms with Crippen LogP contribution in [0.15, 0.2) is 60.7 Å². The molecule has 0 saturated heterocycles. The number of urea groups is 1. The molecular weight excluding hydrogens is 489 g/mol. The Hall–Kier alpha value is -3.42. The molecule has 7 nitrogen and oxygen atoms in total. The Morgan fingerprint density at radius 2 is 1.69 bits per heavy atom. The van der Waals surface area contributed by atoms with Gasteiger partial charge in [-0.3, -0.25) is 4.79 Å². The molecule has 1 aliphatic heterocycles. The number of nitrogens with one attached hydrogen (secondary N) is 2. The molecule has 3 aromatic rings. The predicted molar refractivity (Wildman–Crippen MR) is 137 cm³/mol. The number of hydrogen-bond acceptors (Lipinski definition) is 4. The van der Waals surface area contributed by atoms with Crippen LogP contribution >= 0.6 is 23.2 Å². The van der Waals surface area contributed by atoms with Gasteiger partial charge in [-0.05, 0) is 66.1 Å². The summed E-state index contributed by atoms with van der Waals surface area (Å²) < 4.78 is 11.0. The second-order valence-corrected chi connectivity index (χ2v) is 8.84. The normalized spacial score (nSPS) is 14.6. The molecule has 1 atom stereocenters. The first kappa shape index (κ1) is 24.7. The first-order valence-electron chi connectivity index (χ1n) is 11.0. The second-order valence-electron chi connectivity index (χ2n) is 7.99.